The summed E-state index contributed by atoms with van der Waals surface area (Å²) in [6.07, 6.45) is 1.24. The molecule has 0 rings (SSSR count). The van der Waals surface area contributed by atoms with E-state index in [-0.39, 0.29) is 47.7 Å². The van der Waals surface area contributed by atoms with Gasteiger partial charge in [-0.05, 0) is 40.0 Å². The molecule has 3 amide bonds. The molecule has 2 unspecified atom stereocenters. The van der Waals surface area contributed by atoms with Crippen molar-refractivity contribution in [3.63, 3.8) is 0 Å². The molecular formula is C19H35N3O5. The Balaban J connectivity index is 4.36. The van der Waals surface area contributed by atoms with Crippen LogP contribution in [0.15, 0.2) is 0 Å². The van der Waals surface area contributed by atoms with E-state index in [0.717, 1.165) is 6.29 Å². The van der Waals surface area contributed by atoms with Gasteiger partial charge in [-0.25, -0.2) is 4.79 Å². The van der Waals surface area contributed by atoms with Gasteiger partial charge in [0.1, 0.15) is 6.29 Å². The average molecular weight is 386 g/mol. The van der Waals surface area contributed by atoms with Crippen molar-refractivity contribution in [2.45, 2.75) is 78.9 Å². The molecule has 0 saturated carbocycles. The Morgan fingerprint density at radius 3 is 1.48 bits per heavy atom. The molecule has 8 heteroatoms. The van der Waals surface area contributed by atoms with Gasteiger partial charge in [0.2, 0.25) is 11.8 Å². The van der Waals surface area contributed by atoms with Crippen LogP contribution in [0.4, 0.5) is 4.79 Å². The first kappa shape index (κ1) is 24.9. The second-order valence-electron chi connectivity index (χ2n) is 7.79. The predicted octanol–water partition coefficient (Wildman–Crippen LogP) is 1.93. The molecule has 8 nitrogen and oxygen atoms in total. The van der Waals surface area contributed by atoms with Crippen molar-refractivity contribution in [3.8, 4) is 0 Å². The zero-order valence-electron chi connectivity index (χ0n) is 17.2. The lowest BCUT2D eigenvalue weighted by molar-refractivity contribution is -0.128. The summed E-state index contributed by atoms with van der Waals surface area (Å²) < 4.78 is 0. The van der Waals surface area contributed by atoms with E-state index in [2.05, 4.69) is 16.0 Å². The van der Waals surface area contributed by atoms with Gasteiger partial charge in [-0.2, -0.15) is 0 Å². The quantitative estimate of drug-likeness (QED) is 0.382. The van der Waals surface area contributed by atoms with E-state index >= 15 is 0 Å². The summed E-state index contributed by atoms with van der Waals surface area (Å²) in [6.45, 7) is 10.8. The number of amides is 3. The molecule has 0 aliphatic carbocycles. The first-order valence-electron chi connectivity index (χ1n) is 9.51. The number of aldehydes is 1. The van der Waals surface area contributed by atoms with Gasteiger partial charge in [0, 0.05) is 35.9 Å². The molecular weight excluding hydrogens is 350 g/mol. The first-order valence-corrected chi connectivity index (χ1v) is 9.51. The van der Waals surface area contributed by atoms with Crippen molar-refractivity contribution < 1.29 is 24.3 Å². The van der Waals surface area contributed by atoms with Crippen molar-refractivity contribution in [1.82, 2.24) is 16.0 Å². The lowest BCUT2D eigenvalue weighted by atomic mass is 9.98. The summed E-state index contributed by atoms with van der Waals surface area (Å²) in [5.41, 5.74) is 0. The van der Waals surface area contributed by atoms with E-state index in [1.54, 1.807) is 20.8 Å². The summed E-state index contributed by atoms with van der Waals surface area (Å²) >= 11 is 0. The van der Waals surface area contributed by atoms with Crippen molar-refractivity contribution in [2.24, 2.45) is 17.8 Å². The lowest BCUT2D eigenvalue weighted by Crippen LogP contribution is -2.43. The standard InChI is InChI=1S/C19H35N3O5/c1-11(10-23)7-14(4)20-17(24)12(2)8-15(5)21-18(25)13(3)9-16(6)22-19(26)27/h10-16,22H,7-9H2,1-6H3,(H,20,24)(H,21,25)(H,26,27)/t11-,12?,13?,14-,15-,16-/m0/s1. The predicted molar refractivity (Wildman–Crippen MR) is 103 cm³/mol. The monoisotopic (exact) mass is 385 g/mol. The third-order valence-electron chi connectivity index (χ3n) is 4.41. The molecule has 6 atom stereocenters. The molecule has 0 aromatic rings. The van der Waals surface area contributed by atoms with E-state index in [1.165, 1.54) is 0 Å². The molecule has 27 heavy (non-hydrogen) atoms. The third-order valence-corrected chi connectivity index (χ3v) is 4.41. The minimum absolute atomic E-state index is 0.0895. The minimum atomic E-state index is -1.11. The van der Waals surface area contributed by atoms with E-state index in [0.29, 0.717) is 19.3 Å². The third kappa shape index (κ3) is 11.2. The van der Waals surface area contributed by atoms with Gasteiger partial charge in [0.25, 0.3) is 0 Å². The van der Waals surface area contributed by atoms with Gasteiger partial charge < -0.3 is 25.9 Å². The Morgan fingerprint density at radius 2 is 1.11 bits per heavy atom. The number of carbonyl (C=O) groups is 4. The molecule has 0 spiro atoms. The molecule has 4 N–H and O–H groups in total. The van der Waals surface area contributed by atoms with Crippen LogP contribution in [0.25, 0.3) is 0 Å². The van der Waals surface area contributed by atoms with E-state index < -0.39 is 6.09 Å². The SMILES string of the molecule is CC(C[C@H](C)NC(=O)O)C(=O)N[C@@H](C)CC(C)C(=O)N[C@@H](C)C[C@H](C)C=O. The van der Waals surface area contributed by atoms with Crippen LogP contribution in [0.5, 0.6) is 0 Å². The van der Waals surface area contributed by atoms with Gasteiger partial charge in [0.05, 0.1) is 0 Å². The van der Waals surface area contributed by atoms with Gasteiger partial charge in [-0.15, -0.1) is 0 Å². The van der Waals surface area contributed by atoms with Gasteiger partial charge in [-0.3, -0.25) is 9.59 Å². The van der Waals surface area contributed by atoms with Crippen molar-refractivity contribution in [2.75, 3.05) is 0 Å². The van der Waals surface area contributed by atoms with Crippen molar-refractivity contribution in [3.05, 3.63) is 0 Å². The van der Waals surface area contributed by atoms with Crippen LogP contribution in [0, 0.1) is 17.8 Å². The summed E-state index contributed by atoms with van der Waals surface area (Å²) in [4.78, 5) is 45.8. The van der Waals surface area contributed by atoms with Gasteiger partial charge in [-0.1, -0.05) is 20.8 Å². The minimum Gasteiger partial charge on any atom is -0.465 e. The largest absolute Gasteiger partial charge is 0.465 e. The Morgan fingerprint density at radius 1 is 0.741 bits per heavy atom. The van der Waals surface area contributed by atoms with Crippen LogP contribution in [0.1, 0.15) is 60.8 Å². The zero-order valence-corrected chi connectivity index (χ0v) is 17.2. The van der Waals surface area contributed by atoms with Crippen molar-refractivity contribution >= 4 is 24.2 Å². The van der Waals surface area contributed by atoms with Crippen LogP contribution in [0.2, 0.25) is 0 Å². The Kier molecular flexibility index (Phi) is 11.3. The normalized spacial score (nSPS) is 17.6. The van der Waals surface area contributed by atoms with Crippen LogP contribution in [0.3, 0.4) is 0 Å². The second-order valence-corrected chi connectivity index (χ2v) is 7.79. The highest BCUT2D eigenvalue weighted by Crippen LogP contribution is 2.11. The smallest absolute Gasteiger partial charge is 0.404 e. The van der Waals surface area contributed by atoms with E-state index in [1.807, 2.05) is 20.8 Å². The van der Waals surface area contributed by atoms with E-state index in [4.69, 9.17) is 5.11 Å². The molecule has 0 bridgehead atoms. The summed E-state index contributed by atoms with van der Waals surface area (Å²) in [5.74, 6) is -0.995. The molecule has 0 fully saturated rings. The maximum atomic E-state index is 12.3. The van der Waals surface area contributed by atoms with Crippen LogP contribution in [-0.4, -0.2) is 47.4 Å². The number of rotatable bonds is 12. The summed E-state index contributed by atoms with van der Waals surface area (Å²) in [7, 11) is 0. The number of carbonyl (C=O) groups excluding carboxylic acids is 3. The highest BCUT2D eigenvalue weighted by molar-refractivity contribution is 5.80. The molecule has 0 aliphatic heterocycles. The van der Waals surface area contributed by atoms with Gasteiger partial charge in [0.15, 0.2) is 0 Å². The molecule has 0 radical (unpaired) electrons. The fraction of sp³-hybridized carbons (Fsp3) is 0.789. The zero-order chi connectivity index (χ0) is 21.1. The highest BCUT2D eigenvalue weighted by Gasteiger charge is 2.22. The first-order chi connectivity index (χ1) is 12.5. The molecule has 0 heterocycles. The topological polar surface area (TPSA) is 125 Å². The molecule has 0 aromatic heterocycles. The molecule has 0 aromatic carbocycles. The van der Waals surface area contributed by atoms with E-state index in [9.17, 15) is 19.2 Å². The summed E-state index contributed by atoms with van der Waals surface area (Å²) in [6, 6.07) is -0.598. The number of hydrogen-bond acceptors (Lipinski definition) is 4. The Labute approximate surface area is 161 Å². The molecule has 0 saturated heterocycles. The average Bonchev–Trinajstić information content (AvgIpc) is 2.52. The van der Waals surface area contributed by atoms with Crippen LogP contribution >= 0.6 is 0 Å². The maximum absolute atomic E-state index is 12.3. The van der Waals surface area contributed by atoms with Crippen LogP contribution in [-0.2, 0) is 14.4 Å². The lowest BCUT2D eigenvalue weighted by Gasteiger charge is -2.23. The fourth-order valence-corrected chi connectivity index (χ4v) is 3.05. The Bertz CT molecular complexity index is 512. The number of hydrogen-bond donors (Lipinski definition) is 4. The van der Waals surface area contributed by atoms with Crippen LogP contribution < -0.4 is 16.0 Å². The number of nitrogens with one attached hydrogen (secondary N) is 3. The molecule has 0 aliphatic rings. The van der Waals surface area contributed by atoms with Gasteiger partial charge >= 0.3 is 6.09 Å². The Hall–Kier alpha value is -2.12. The fourth-order valence-electron chi connectivity index (χ4n) is 3.05. The molecule has 156 valence electrons. The highest BCUT2D eigenvalue weighted by atomic mass is 16.4. The van der Waals surface area contributed by atoms with Crippen molar-refractivity contribution in [1.29, 1.82) is 0 Å². The summed E-state index contributed by atoms with van der Waals surface area (Å²) in [5, 5.41) is 16.8. The maximum Gasteiger partial charge on any atom is 0.404 e. The number of carboxylic acid groups (broad SMARTS) is 1. The second kappa shape index (κ2) is 12.3.